The van der Waals surface area contributed by atoms with Gasteiger partial charge in [-0.25, -0.2) is 9.78 Å². The van der Waals surface area contributed by atoms with Crippen molar-refractivity contribution >= 4 is 23.1 Å². The van der Waals surface area contributed by atoms with Crippen LogP contribution < -0.4 is 4.74 Å². The number of nitriles is 1. The van der Waals surface area contributed by atoms with E-state index in [1.807, 2.05) is 13.0 Å². The Kier molecular flexibility index (Phi) is 5.66. The zero-order valence-electron chi connectivity index (χ0n) is 13.5. The molecule has 6 nitrogen and oxygen atoms in total. The highest BCUT2D eigenvalue weighted by atomic mass is 32.1. The first-order chi connectivity index (χ1) is 11.5. The summed E-state index contributed by atoms with van der Waals surface area (Å²) in [6.45, 7) is 3.15. The third-order valence-corrected chi connectivity index (χ3v) is 4.35. The number of ether oxygens (including phenoxy) is 2. The van der Waals surface area contributed by atoms with E-state index >= 15 is 0 Å². The quantitative estimate of drug-likeness (QED) is 0.749. The number of rotatable bonds is 6. The van der Waals surface area contributed by atoms with Crippen molar-refractivity contribution in [2.75, 3.05) is 13.7 Å². The Balaban J connectivity index is 2.03. The van der Waals surface area contributed by atoms with E-state index in [0.717, 1.165) is 11.3 Å². The second kappa shape index (κ2) is 7.70. The van der Waals surface area contributed by atoms with Crippen molar-refractivity contribution in [1.29, 1.82) is 5.26 Å². The molecule has 0 spiro atoms. The van der Waals surface area contributed by atoms with Crippen molar-refractivity contribution in [3.63, 3.8) is 0 Å². The summed E-state index contributed by atoms with van der Waals surface area (Å²) in [5, 5.41) is 11.4. The van der Waals surface area contributed by atoms with Gasteiger partial charge in [0, 0.05) is 11.1 Å². The smallest absolute Gasteiger partial charge is 0.338 e. The lowest BCUT2D eigenvalue weighted by Crippen LogP contribution is -2.20. The van der Waals surface area contributed by atoms with Crippen LogP contribution >= 0.6 is 11.3 Å². The largest absolute Gasteiger partial charge is 0.496 e. The summed E-state index contributed by atoms with van der Waals surface area (Å²) in [5.74, 6) is -1.61. The molecule has 1 aromatic carbocycles. The summed E-state index contributed by atoms with van der Waals surface area (Å²) in [6, 6.07) is 6.78. The Morgan fingerprint density at radius 3 is 2.71 bits per heavy atom. The van der Waals surface area contributed by atoms with Crippen LogP contribution in [0.2, 0.25) is 0 Å². The molecule has 0 saturated heterocycles. The Labute approximate surface area is 143 Å². The fraction of sp³-hybridized carbons (Fsp3) is 0.294. The van der Waals surface area contributed by atoms with E-state index in [1.54, 1.807) is 30.5 Å². The highest BCUT2D eigenvalue weighted by molar-refractivity contribution is 7.09. The van der Waals surface area contributed by atoms with Gasteiger partial charge < -0.3 is 9.47 Å². The molecule has 0 aliphatic carbocycles. The highest BCUT2D eigenvalue weighted by Crippen LogP contribution is 2.22. The first kappa shape index (κ1) is 17.6. The van der Waals surface area contributed by atoms with Crippen LogP contribution in [-0.4, -0.2) is 30.5 Å². The predicted octanol–water partition coefficient (Wildman–Crippen LogP) is 2.80. The third-order valence-electron chi connectivity index (χ3n) is 3.32. The van der Waals surface area contributed by atoms with E-state index in [0.29, 0.717) is 10.8 Å². The average molecular weight is 344 g/mol. The van der Waals surface area contributed by atoms with Gasteiger partial charge in [0.2, 0.25) is 0 Å². The lowest BCUT2D eigenvalue weighted by molar-refractivity contribution is -0.122. The molecule has 0 aliphatic rings. The molecular formula is C17H16N2O4S. The number of hydrogen-bond donors (Lipinski definition) is 0. The van der Waals surface area contributed by atoms with Gasteiger partial charge in [0.05, 0.1) is 18.7 Å². The third kappa shape index (κ3) is 3.97. The summed E-state index contributed by atoms with van der Waals surface area (Å²) in [6.07, 6.45) is 0. The minimum atomic E-state index is -1.02. The molecule has 0 aliphatic heterocycles. The van der Waals surface area contributed by atoms with E-state index in [-0.39, 0.29) is 5.56 Å². The molecule has 2 aromatic rings. The van der Waals surface area contributed by atoms with Gasteiger partial charge in [-0.05, 0) is 31.5 Å². The number of thiazole rings is 1. The average Bonchev–Trinajstić information content (AvgIpc) is 2.99. The van der Waals surface area contributed by atoms with Crippen molar-refractivity contribution < 1.29 is 19.1 Å². The molecule has 1 atom stereocenters. The van der Waals surface area contributed by atoms with Crippen molar-refractivity contribution in [2.45, 2.75) is 19.8 Å². The lowest BCUT2D eigenvalue weighted by Gasteiger charge is -2.09. The number of aryl methyl sites for hydroxylation is 2. The van der Waals surface area contributed by atoms with Gasteiger partial charge in [-0.15, -0.1) is 11.3 Å². The molecule has 2 rings (SSSR count). The van der Waals surface area contributed by atoms with Gasteiger partial charge in [0.1, 0.15) is 10.8 Å². The minimum Gasteiger partial charge on any atom is -0.496 e. The van der Waals surface area contributed by atoms with Gasteiger partial charge in [-0.2, -0.15) is 5.26 Å². The standard InChI is InChI=1S/C17H16N2O4S/c1-10-4-5-12(6-15(10)22-3)17(21)23-8-14(20)13(7-18)16-19-11(2)9-24-16/h4-6,9,13H,8H2,1-3H3/t13-/m0/s1. The van der Waals surface area contributed by atoms with Gasteiger partial charge >= 0.3 is 5.97 Å². The van der Waals surface area contributed by atoms with Gasteiger partial charge in [0.15, 0.2) is 18.3 Å². The maximum absolute atomic E-state index is 12.1. The molecule has 24 heavy (non-hydrogen) atoms. The molecule has 7 heteroatoms. The molecule has 0 bridgehead atoms. The van der Waals surface area contributed by atoms with Crippen LogP contribution in [-0.2, 0) is 9.53 Å². The molecule has 0 unspecified atom stereocenters. The Bertz CT molecular complexity index is 807. The van der Waals surface area contributed by atoms with Crippen LogP contribution in [0.25, 0.3) is 0 Å². The zero-order valence-corrected chi connectivity index (χ0v) is 14.3. The van der Waals surface area contributed by atoms with Gasteiger partial charge in [-0.1, -0.05) is 6.07 Å². The van der Waals surface area contributed by atoms with Crippen molar-refractivity contribution in [2.24, 2.45) is 0 Å². The Morgan fingerprint density at radius 2 is 2.12 bits per heavy atom. The molecule has 0 fully saturated rings. The fourth-order valence-corrected chi connectivity index (χ4v) is 2.88. The summed E-state index contributed by atoms with van der Waals surface area (Å²) < 4.78 is 10.2. The fourth-order valence-electron chi connectivity index (χ4n) is 2.02. The first-order valence-corrected chi connectivity index (χ1v) is 8.00. The second-order valence-electron chi connectivity index (χ2n) is 5.12. The molecule has 0 saturated carbocycles. The van der Waals surface area contributed by atoms with E-state index in [2.05, 4.69) is 4.98 Å². The maximum atomic E-state index is 12.1. The van der Waals surface area contributed by atoms with E-state index in [1.165, 1.54) is 18.4 Å². The number of methoxy groups -OCH3 is 1. The lowest BCUT2D eigenvalue weighted by atomic mass is 10.1. The van der Waals surface area contributed by atoms with Crippen LogP contribution in [0.15, 0.2) is 23.6 Å². The molecule has 1 aromatic heterocycles. The number of Topliss-reactive ketones (excluding diaryl/α,β-unsaturated/α-hetero) is 1. The number of carbonyl (C=O) groups is 2. The zero-order chi connectivity index (χ0) is 17.7. The van der Waals surface area contributed by atoms with Crippen molar-refractivity contribution in [3.05, 3.63) is 45.4 Å². The second-order valence-corrected chi connectivity index (χ2v) is 6.01. The molecule has 1 heterocycles. The Morgan fingerprint density at radius 1 is 1.38 bits per heavy atom. The monoisotopic (exact) mass is 344 g/mol. The number of carbonyl (C=O) groups excluding carboxylic acids is 2. The topological polar surface area (TPSA) is 89.3 Å². The van der Waals surface area contributed by atoms with E-state index in [4.69, 9.17) is 9.47 Å². The minimum absolute atomic E-state index is 0.281. The van der Waals surface area contributed by atoms with Gasteiger partial charge in [0.25, 0.3) is 0 Å². The summed E-state index contributed by atoms with van der Waals surface area (Å²) in [7, 11) is 1.51. The normalized spacial score (nSPS) is 11.4. The van der Waals surface area contributed by atoms with Crippen LogP contribution in [0.3, 0.4) is 0 Å². The molecule has 0 radical (unpaired) electrons. The van der Waals surface area contributed by atoms with Crippen LogP contribution in [0, 0.1) is 25.2 Å². The van der Waals surface area contributed by atoms with E-state index in [9.17, 15) is 14.9 Å². The Hall–Kier alpha value is -2.72. The van der Waals surface area contributed by atoms with Crippen LogP contribution in [0.5, 0.6) is 5.75 Å². The number of esters is 1. The SMILES string of the molecule is COc1cc(C(=O)OCC(=O)[C@H](C#N)c2nc(C)cs2)ccc1C. The van der Waals surface area contributed by atoms with E-state index < -0.39 is 24.3 Å². The van der Waals surface area contributed by atoms with Gasteiger partial charge in [-0.3, -0.25) is 4.79 Å². The van der Waals surface area contributed by atoms with Crippen LogP contribution in [0.4, 0.5) is 0 Å². The number of benzene rings is 1. The number of ketones is 1. The summed E-state index contributed by atoms with van der Waals surface area (Å²) >= 11 is 1.24. The number of hydrogen-bond acceptors (Lipinski definition) is 7. The summed E-state index contributed by atoms with van der Waals surface area (Å²) in [5.41, 5.74) is 1.91. The molecule has 0 N–H and O–H groups in total. The molecular weight excluding hydrogens is 328 g/mol. The predicted molar refractivity (Wildman–Crippen MR) is 88.2 cm³/mol. The molecule has 124 valence electrons. The maximum Gasteiger partial charge on any atom is 0.338 e. The van der Waals surface area contributed by atoms with Crippen molar-refractivity contribution in [3.8, 4) is 11.8 Å². The number of aromatic nitrogens is 1. The van der Waals surface area contributed by atoms with Crippen LogP contribution in [0.1, 0.15) is 32.5 Å². The van der Waals surface area contributed by atoms with Crippen molar-refractivity contribution in [1.82, 2.24) is 4.98 Å². The highest BCUT2D eigenvalue weighted by Gasteiger charge is 2.24. The number of nitrogens with zero attached hydrogens (tertiary/aromatic N) is 2. The molecule has 0 amide bonds. The summed E-state index contributed by atoms with van der Waals surface area (Å²) in [4.78, 5) is 28.3. The first-order valence-electron chi connectivity index (χ1n) is 7.12.